The summed E-state index contributed by atoms with van der Waals surface area (Å²) in [5.41, 5.74) is 1.10. The van der Waals surface area contributed by atoms with Gasteiger partial charge in [-0.1, -0.05) is 18.6 Å². The third kappa shape index (κ3) is 5.37. The predicted molar refractivity (Wildman–Crippen MR) is 129 cm³/mol. The first-order valence-electron chi connectivity index (χ1n) is 12.4. The predicted octanol–water partition coefficient (Wildman–Crippen LogP) is 3.65. The van der Waals surface area contributed by atoms with E-state index in [1.807, 2.05) is 23.1 Å². The van der Waals surface area contributed by atoms with Crippen LogP contribution >= 0.6 is 0 Å². The van der Waals surface area contributed by atoms with Crippen LogP contribution in [0.1, 0.15) is 52.8 Å². The third-order valence-corrected chi connectivity index (χ3v) is 7.17. The molecule has 3 heterocycles. The van der Waals surface area contributed by atoms with E-state index in [2.05, 4.69) is 5.32 Å². The van der Waals surface area contributed by atoms with Crippen molar-refractivity contribution in [3.63, 3.8) is 0 Å². The highest BCUT2D eigenvalue weighted by Gasteiger charge is 2.37. The molecular formula is C27H32N2O6. The van der Waals surface area contributed by atoms with Crippen LogP contribution in [0.15, 0.2) is 42.5 Å². The Kier molecular flexibility index (Phi) is 7.08. The Labute approximate surface area is 205 Å². The van der Waals surface area contributed by atoms with Crippen LogP contribution in [0, 0.1) is 5.41 Å². The summed E-state index contributed by atoms with van der Waals surface area (Å²) in [6, 6.07) is 12.7. The van der Waals surface area contributed by atoms with Gasteiger partial charge in [-0.2, -0.15) is 0 Å². The second-order valence-electron chi connectivity index (χ2n) is 9.47. The minimum Gasteiger partial charge on any atom is -0.492 e. The number of hydrogen-bond acceptors (Lipinski definition) is 6. The summed E-state index contributed by atoms with van der Waals surface area (Å²) in [5.74, 6) is 1.75. The zero-order valence-electron chi connectivity index (χ0n) is 19.9. The lowest BCUT2D eigenvalue weighted by atomic mass is 9.75. The van der Waals surface area contributed by atoms with Gasteiger partial charge in [0.1, 0.15) is 5.75 Å². The molecule has 186 valence electrons. The largest absolute Gasteiger partial charge is 0.492 e. The number of hydrogen-bond donors (Lipinski definition) is 1. The molecule has 35 heavy (non-hydrogen) atoms. The smallest absolute Gasteiger partial charge is 0.255 e. The highest BCUT2D eigenvalue weighted by Crippen LogP contribution is 2.39. The minimum atomic E-state index is -0.153. The van der Waals surface area contributed by atoms with E-state index in [0.29, 0.717) is 67.8 Å². The van der Waals surface area contributed by atoms with Crippen molar-refractivity contribution in [1.29, 1.82) is 0 Å². The number of para-hydroxylation sites is 1. The van der Waals surface area contributed by atoms with Crippen molar-refractivity contribution in [3.8, 4) is 17.2 Å². The van der Waals surface area contributed by atoms with Crippen molar-refractivity contribution >= 4 is 11.8 Å². The number of nitrogens with one attached hydrogen (secondary N) is 1. The van der Waals surface area contributed by atoms with E-state index in [1.165, 1.54) is 0 Å². The maximum atomic E-state index is 13.2. The Morgan fingerprint density at radius 3 is 2.60 bits per heavy atom. The fraction of sp³-hybridized carbons (Fsp3) is 0.481. The van der Waals surface area contributed by atoms with Gasteiger partial charge in [-0.05, 0) is 56.0 Å². The first kappa shape index (κ1) is 23.5. The zero-order chi connectivity index (χ0) is 24.1. The van der Waals surface area contributed by atoms with Crippen LogP contribution in [0.3, 0.4) is 0 Å². The quantitative estimate of drug-likeness (QED) is 0.671. The van der Waals surface area contributed by atoms with E-state index in [4.69, 9.17) is 18.9 Å². The van der Waals surface area contributed by atoms with Crippen LogP contribution < -0.4 is 19.5 Å². The zero-order valence-corrected chi connectivity index (χ0v) is 19.9. The molecule has 2 aromatic carbocycles. The number of benzene rings is 2. The average Bonchev–Trinajstić information content (AvgIpc) is 3.37. The van der Waals surface area contributed by atoms with E-state index >= 15 is 0 Å². The maximum Gasteiger partial charge on any atom is 0.255 e. The highest BCUT2D eigenvalue weighted by atomic mass is 16.7. The van der Waals surface area contributed by atoms with Crippen molar-refractivity contribution in [3.05, 3.63) is 53.6 Å². The number of carbonyl (C=O) groups is 2. The fourth-order valence-corrected chi connectivity index (χ4v) is 5.01. The summed E-state index contributed by atoms with van der Waals surface area (Å²) < 4.78 is 22.8. The van der Waals surface area contributed by atoms with Gasteiger partial charge in [0.05, 0.1) is 18.8 Å². The van der Waals surface area contributed by atoms with Gasteiger partial charge in [-0.15, -0.1) is 0 Å². The van der Waals surface area contributed by atoms with E-state index in [9.17, 15) is 9.59 Å². The number of likely N-dealkylation sites (tertiary alicyclic amines) is 1. The molecule has 0 atom stereocenters. The Morgan fingerprint density at radius 1 is 0.886 bits per heavy atom. The third-order valence-electron chi connectivity index (χ3n) is 7.17. The lowest BCUT2D eigenvalue weighted by Gasteiger charge is -2.42. The van der Waals surface area contributed by atoms with Gasteiger partial charge in [-0.3, -0.25) is 9.59 Å². The molecule has 2 aromatic rings. The van der Waals surface area contributed by atoms with E-state index in [-0.39, 0.29) is 24.0 Å². The summed E-state index contributed by atoms with van der Waals surface area (Å²) in [6.45, 7) is 3.68. The Bertz CT molecular complexity index is 1060. The van der Waals surface area contributed by atoms with Crippen LogP contribution in [0.5, 0.6) is 17.2 Å². The molecule has 0 aliphatic carbocycles. The molecule has 0 unspecified atom stereocenters. The van der Waals surface area contributed by atoms with Crippen molar-refractivity contribution in [2.75, 3.05) is 46.2 Å². The standard InChI is InChI=1S/C27H32N2O6/c30-25-21-5-1-2-6-22(21)33-18-27(9-3-4-15-32-16-12-28-25)10-13-29(14-11-27)26(31)20-7-8-23-24(17-20)35-19-34-23/h1-2,5-8,17H,3-4,9-16,18-19H2,(H,28,30). The summed E-state index contributed by atoms with van der Waals surface area (Å²) in [4.78, 5) is 27.8. The molecule has 0 bridgehead atoms. The molecular weight excluding hydrogens is 448 g/mol. The van der Waals surface area contributed by atoms with Crippen molar-refractivity contribution < 1.29 is 28.5 Å². The monoisotopic (exact) mass is 480 g/mol. The normalized spacial score (nSPS) is 20.3. The van der Waals surface area contributed by atoms with Crippen molar-refractivity contribution in [2.24, 2.45) is 5.41 Å². The summed E-state index contributed by atoms with van der Waals surface area (Å²) >= 11 is 0. The van der Waals surface area contributed by atoms with Crippen LogP contribution in [0.2, 0.25) is 0 Å². The molecule has 3 aliphatic rings. The number of nitrogens with zero attached hydrogens (tertiary/aromatic N) is 1. The van der Waals surface area contributed by atoms with E-state index in [0.717, 1.165) is 32.1 Å². The topological polar surface area (TPSA) is 86.3 Å². The highest BCUT2D eigenvalue weighted by molar-refractivity contribution is 5.97. The Balaban J connectivity index is 1.28. The first-order valence-corrected chi connectivity index (χ1v) is 12.4. The van der Waals surface area contributed by atoms with Crippen molar-refractivity contribution in [2.45, 2.75) is 32.1 Å². The SMILES string of the molecule is O=C1NCCOCCCCC2(CCN(C(=O)c3ccc4c(c3)OCO4)CC2)COc2ccccc21. The number of carbonyl (C=O) groups excluding carboxylic acids is 2. The molecule has 0 aromatic heterocycles. The van der Waals surface area contributed by atoms with Crippen LogP contribution in [-0.2, 0) is 4.74 Å². The fourth-order valence-electron chi connectivity index (χ4n) is 5.01. The lowest BCUT2D eigenvalue weighted by molar-refractivity contribution is 0.0340. The molecule has 2 amide bonds. The van der Waals surface area contributed by atoms with Crippen LogP contribution in [0.4, 0.5) is 0 Å². The number of ether oxygens (including phenoxy) is 4. The van der Waals surface area contributed by atoms with E-state index < -0.39 is 0 Å². The molecule has 0 radical (unpaired) electrons. The van der Waals surface area contributed by atoms with Crippen molar-refractivity contribution in [1.82, 2.24) is 10.2 Å². The Morgan fingerprint density at radius 2 is 1.71 bits per heavy atom. The molecule has 5 rings (SSSR count). The average molecular weight is 481 g/mol. The first-order chi connectivity index (χ1) is 17.1. The number of amides is 2. The summed E-state index contributed by atoms with van der Waals surface area (Å²) in [6.07, 6.45) is 4.69. The van der Waals surface area contributed by atoms with Gasteiger partial charge in [0.25, 0.3) is 11.8 Å². The summed E-state index contributed by atoms with van der Waals surface area (Å²) in [7, 11) is 0. The number of piperidine rings is 1. The summed E-state index contributed by atoms with van der Waals surface area (Å²) in [5, 5.41) is 2.91. The lowest BCUT2D eigenvalue weighted by Crippen LogP contribution is -2.45. The van der Waals surface area contributed by atoms with Gasteiger partial charge in [0, 0.05) is 37.2 Å². The number of fused-ring (bicyclic) bond motifs is 2. The van der Waals surface area contributed by atoms with Gasteiger partial charge in [0.2, 0.25) is 6.79 Å². The molecule has 1 saturated heterocycles. The molecule has 1 spiro atoms. The van der Waals surface area contributed by atoms with Gasteiger partial charge < -0.3 is 29.2 Å². The second kappa shape index (κ2) is 10.6. The molecule has 3 aliphatic heterocycles. The molecule has 0 saturated carbocycles. The Hall–Kier alpha value is -3.26. The van der Waals surface area contributed by atoms with Gasteiger partial charge in [0.15, 0.2) is 11.5 Å². The second-order valence-corrected chi connectivity index (χ2v) is 9.47. The molecule has 8 heteroatoms. The van der Waals surface area contributed by atoms with E-state index in [1.54, 1.807) is 24.3 Å². The van der Waals surface area contributed by atoms with Crippen LogP contribution in [-0.4, -0.2) is 63.0 Å². The van der Waals surface area contributed by atoms with Gasteiger partial charge in [-0.25, -0.2) is 0 Å². The minimum absolute atomic E-state index is 0.00961. The molecule has 8 nitrogen and oxygen atoms in total. The number of rotatable bonds is 1. The molecule has 1 fully saturated rings. The van der Waals surface area contributed by atoms with Crippen LogP contribution in [0.25, 0.3) is 0 Å². The molecule has 1 N–H and O–H groups in total. The van der Waals surface area contributed by atoms with Gasteiger partial charge >= 0.3 is 0 Å². The maximum absolute atomic E-state index is 13.2.